The Kier molecular flexibility index (Phi) is 2.63. The molecule has 3 rings (SSSR count). The van der Waals surface area contributed by atoms with Gasteiger partial charge in [0.15, 0.2) is 0 Å². The third-order valence-electron chi connectivity index (χ3n) is 5.13. The van der Waals surface area contributed by atoms with Crippen molar-refractivity contribution < 1.29 is 14.6 Å². The zero-order chi connectivity index (χ0) is 13.0. The largest absolute Gasteiger partial charge is 0.461 e. The SMILES string of the molecule is C=C1[C@@H]2[C@H]3OC(=O)[C@@H](C)[C@@H]3CCC(=C)[C@@H]2C[C@H]1O. The summed E-state index contributed by atoms with van der Waals surface area (Å²) in [7, 11) is 0. The van der Waals surface area contributed by atoms with E-state index in [2.05, 4.69) is 13.2 Å². The van der Waals surface area contributed by atoms with Gasteiger partial charge in [-0.15, -0.1) is 0 Å². The smallest absolute Gasteiger partial charge is 0.309 e. The molecule has 0 amide bonds. The Morgan fingerprint density at radius 2 is 2.11 bits per heavy atom. The van der Waals surface area contributed by atoms with Gasteiger partial charge in [-0.3, -0.25) is 4.79 Å². The number of carbonyl (C=O) groups is 1. The molecular weight excluding hydrogens is 228 g/mol. The van der Waals surface area contributed by atoms with Crippen LogP contribution in [0.4, 0.5) is 0 Å². The zero-order valence-corrected chi connectivity index (χ0v) is 10.8. The molecule has 0 aromatic rings. The number of allylic oxidation sites excluding steroid dienone is 1. The second-order valence-electron chi connectivity index (χ2n) is 6.01. The molecule has 0 aromatic heterocycles. The number of ether oxygens (including phenoxy) is 1. The molecule has 0 aromatic carbocycles. The fourth-order valence-electron chi connectivity index (χ4n) is 3.96. The molecule has 3 aliphatic rings. The van der Waals surface area contributed by atoms with Crippen LogP contribution < -0.4 is 0 Å². The molecular formula is C15H20O3. The maximum atomic E-state index is 11.8. The molecule has 3 heteroatoms. The van der Waals surface area contributed by atoms with Gasteiger partial charge in [-0.1, -0.05) is 25.7 Å². The lowest BCUT2D eigenvalue weighted by atomic mass is 9.80. The first-order valence-corrected chi connectivity index (χ1v) is 6.75. The van der Waals surface area contributed by atoms with E-state index in [0.717, 1.165) is 18.4 Å². The summed E-state index contributed by atoms with van der Waals surface area (Å²) in [6.07, 6.45) is 2.03. The van der Waals surface area contributed by atoms with E-state index in [-0.39, 0.29) is 35.7 Å². The highest BCUT2D eigenvalue weighted by Gasteiger charge is 2.53. The van der Waals surface area contributed by atoms with E-state index in [1.807, 2.05) is 6.92 Å². The standard InChI is InChI=1S/C15H20O3/c1-7-4-5-10-8(2)15(17)18-14(10)13-9(3)12(16)6-11(7)13/h8,10-14,16H,1,3-6H2,2H3/t8-,10-,11-,12+,13-,14-/m0/s1. The van der Waals surface area contributed by atoms with E-state index in [4.69, 9.17) is 4.74 Å². The van der Waals surface area contributed by atoms with Crippen molar-refractivity contribution in [3.05, 3.63) is 24.3 Å². The van der Waals surface area contributed by atoms with Crippen molar-refractivity contribution in [3.63, 3.8) is 0 Å². The molecule has 1 N–H and O–H groups in total. The molecule has 98 valence electrons. The van der Waals surface area contributed by atoms with E-state index >= 15 is 0 Å². The molecule has 3 fully saturated rings. The minimum absolute atomic E-state index is 0.0351. The molecule has 6 atom stereocenters. The third-order valence-corrected chi connectivity index (χ3v) is 5.13. The average molecular weight is 248 g/mol. The van der Waals surface area contributed by atoms with Crippen LogP contribution in [0.25, 0.3) is 0 Å². The molecule has 2 aliphatic carbocycles. The molecule has 1 saturated heterocycles. The zero-order valence-electron chi connectivity index (χ0n) is 10.8. The predicted octanol–water partition coefficient (Wildman–Crippen LogP) is 2.07. The van der Waals surface area contributed by atoms with E-state index in [9.17, 15) is 9.90 Å². The first-order chi connectivity index (χ1) is 8.50. The summed E-state index contributed by atoms with van der Waals surface area (Å²) in [5.41, 5.74) is 2.02. The summed E-state index contributed by atoms with van der Waals surface area (Å²) in [4.78, 5) is 11.8. The Balaban J connectivity index is 1.98. The molecule has 18 heavy (non-hydrogen) atoms. The number of hydrogen-bond acceptors (Lipinski definition) is 3. The second-order valence-corrected chi connectivity index (χ2v) is 6.01. The lowest BCUT2D eigenvalue weighted by Gasteiger charge is -2.26. The van der Waals surface area contributed by atoms with Gasteiger partial charge in [0.05, 0.1) is 12.0 Å². The Bertz CT molecular complexity index is 425. The summed E-state index contributed by atoms with van der Waals surface area (Å²) in [5.74, 6) is 0.443. The number of fused-ring (bicyclic) bond motifs is 3. The van der Waals surface area contributed by atoms with E-state index in [1.165, 1.54) is 5.57 Å². The average Bonchev–Trinajstić information content (AvgIpc) is 2.72. The van der Waals surface area contributed by atoms with E-state index < -0.39 is 6.10 Å². The second kappa shape index (κ2) is 3.95. The fourth-order valence-corrected chi connectivity index (χ4v) is 3.96. The minimum Gasteiger partial charge on any atom is -0.461 e. The predicted molar refractivity (Wildman–Crippen MR) is 67.7 cm³/mol. The molecule has 0 radical (unpaired) electrons. The van der Waals surface area contributed by atoms with E-state index in [0.29, 0.717) is 6.42 Å². The maximum Gasteiger partial charge on any atom is 0.309 e. The third kappa shape index (κ3) is 1.50. The van der Waals surface area contributed by atoms with Crippen LogP contribution in [0.1, 0.15) is 26.2 Å². The normalized spacial score (nSPS) is 47.6. The molecule has 3 nitrogen and oxygen atoms in total. The van der Waals surface area contributed by atoms with Gasteiger partial charge in [-0.2, -0.15) is 0 Å². The van der Waals surface area contributed by atoms with Crippen LogP contribution in [0, 0.1) is 23.7 Å². The minimum atomic E-state index is -0.467. The Morgan fingerprint density at radius 3 is 2.83 bits per heavy atom. The van der Waals surface area contributed by atoms with Gasteiger partial charge in [-0.25, -0.2) is 0 Å². The summed E-state index contributed by atoms with van der Waals surface area (Å²) in [5, 5.41) is 10.0. The Labute approximate surface area is 108 Å². The number of rotatable bonds is 0. The number of aliphatic hydroxyl groups is 1. The van der Waals surface area contributed by atoms with Gasteiger partial charge >= 0.3 is 5.97 Å². The highest BCUT2D eigenvalue weighted by molar-refractivity contribution is 5.75. The maximum absolute atomic E-state index is 11.8. The Hall–Kier alpha value is -1.09. The lowest BCUT2D eigenvalue weighted by Crippen LogP contribution is -2.29. The quantitative estimate of drug-likeness (QED) is 0.527. The van der Waals surface area contributed by atoms with Crippen LogP contribution >= 0.6 is 0 Å². The van der Waals surface area contributed by atoms with Gasteiger partial charge in [0.25, 0.3) is 0 Å². The van der Waals surface area contributed by atoms with Crippen molar-refractivity contribution in [2.45, 2.75) is 38.4 Å². The van der Waals surface area contributed by atoms with Crippen molar-refractivity contribution in [1.82, 2.24) is 0 Å². The first kappa shape index (κ1) is 12.0. The van der Waals surface area contributed by atoms with Gasteiger partial charge in [0.1, 0.15) is 6.10 Å². The van der Waals surface area contributed by atoms with Gasteiger partial charge in [0, 0.05) is 11.8 Å². The van der Waals surface area contributed by atoms with Gasteiger partial charge in [-0.05, 0) is 30.8 Å². The van der Waals surface area contributed by atoms with Crippen molar-refractivity contribution in [3.8, 4) is 0 Å². The van der Waals surface area contributed by atoms with Crippen LogP contribution in [-0.4, -0.2) is 23.3 Å². The van der Waals surface area contributed by atoms with Crippen LogP contribution in [0.2, 0.25) is 0 Å². The number of esters is 1. The Morgan fingerprint density at radius 1 is 1.39 bits per heavy atom. The summed E-state index contributed by atoms with van der Waals surface area (Å²) in [6.45, 7) is 10.1. The monoisotopic (exact) mass is 248 g/mol. The first-order valence-electron chi connectivity index (χ1n) is 6.75. The van der Waals surface area contributed by atoms with Crippen LogP contribution in [-0.2, 0) is 9.53 Å². The summed E-state index contributed by atoms with van der Waals surface area (Å²) in [6, 6.07) is 0. The van der Waals surface area contributed by atoms with Crippen molar-refractivity contribution in [1.29, 1.82) is 0 Å². The summed E-state index contributed by atoms with van der Waals surface area (Å²) < 4.78 is 5.59. The molecule has 0 unspecified atom stereocenters. The van der Waals surface area contributed by atoms with E-state index in [1.54, 1.807) is 0 Å². The van der Waals surface area contributed by atoms with Crippen LogP contribution in [0.15, 0.2) is 24.3 Å². The lowest BCUT2D eigenvalue weighted by molar-refractivity contribution is -0.145. The number of hydrogen-bond donors (Lipinski definition) is 1. The van der Waals surface area contributed by atoms with Crippen LogP contribution in [0.5, 0.6) is 0 Å². The molecule has 1 aliphatic heterocycles. The number of carbonyl (C=O) groups excluding carboxylic acids is 1. The molecule has 1 heterocycles. The van der Waals surface area contributed by atoms with Crippen LogP contribution in [0.3, 0.4) is 0 Å². The van der Waals surface area contributed by atoms with Gasteiger partial charge in [0.2, 0.25) is 0 Å². The topological polar surface area (TPSA) is 46.5 Å². The van der Waals surface area contributed by atoms with Crippen molar-refractivity contribution in [2.75, 3.05) is 0 Å². The molecule has 0 bridgehead atoms. The molecule has 0 spiro atoms. The number of aliphatic hydroxyl groups excluding tert-OH is 1. The highest BCUT2D eigenvalue weighted by atomic mass is 16.6. The van der Waals surface area contributed by atoms with Gasteiger partial charge < -0.3 is 9.84 Å². The fraction of sp³-hybridized carbons (Fsp3) is 0.667. The summed E-state index contributed by atoms with van der Waals surface area (Å²) >= 11 is 0. The highest BCUT2D eigenvalue weighted by Crippen LogP contribution is 2.52. The van der Waals surface area contributed by atoms with Crippen molar-refractivity contribution in [2.24, 2.45) is 23.7 Å². The molecule has 2 saturated carbocycles. The van der Waals surface area contributed by atoms with Crippen molar-refractivity contribution >= 4 is 5.97 Å².